The summed E-state index contributed by atoms with van der Waals surface area (Å²) >= 11 is 0. The van der Waals surface area contributed by atoms with Crippen LogP contribution in [0.3, 0.4) is 0 Å². The van der Waals surface area contributed by atoms with Crippen molar-refractivity contribution in [2.45, 2.75) is 45.1 Å². The van der Waals surface area contributed by atoms with Gasteiger partial charge in [0, 0.05) is 16.3 Å². The Labute approximate surface area is 169 Å². The summed E-state index contributed by atoms with van der Waals surface area (Å²) in [7, 11) is -0.887. The predicted octanol–water partition coefficient (Wildman–Crippen LogP) is 3.61. The molecule has 5 nitrogen and oxygen atoms in total. The molecule has 0 bridgehead atoms. The fraction of sp³-hybridized carbons (Fsp3) is 0.304. The van der Waals surface area contributed by atoms with Crippen molar-refractivity contribution in [3.05, 3.63) is 53.2 Å². The Morgan fingerprint density at radius 1 is 1.10 bits per heavy atom. The summed E-state index contributed by atoms with van der Waals surface area (Å²) in [5, 5.41) is 20.2. The second kappa shape index (κ2) is 5.91. The first-order chi connectivity index (χ1) is 14.0. The Kier molecular flexibility index (Phi) is 3.50. The van der Waals surface area contributed by atoms with Crippen LogP contribution in [0.15, 0.2) is 36.5 Å². The molecule has 0 radical (unpaired) electrons. The maximum Gasteiger partial charge on any atom is 0.492 e. The number of fused-ring (bicyclic) bond motifs is 6. The number of nitrogens with zero attached hydrogens (tertiary/aromatic N) is 2. The number of pyridine rings is 1. The quantitative estimate of drug-likeness (QED) is 0.493. The average Bonchev–Trinajstić information content (AvgIpc) is 3.29. The molecule has 0 spiro atoms. The number of benzene rings is 2. The highest BCUT2D eigenvalue weighted by molar-refractivity contribution is 6.62. The van der Waals surface area contributed by atoms with Crippen molar-refractivity contribution in [2.75, 3.05) is 0 Å². The Bertz CT molecular complexity index is 1290. The molecule has 0 unspecified atom stereocenters. The van der Waals surface area contributed by atoms with Gasteiger partial charge in [-0.2, -0.15) is 5.10 Å². The summed E-state index contributed by atoms with van der Waals surface area (Å²) < 4.78 is 5.76. The van der Waals surface area contributed by atoms with Crippen molar-refractivity contribution in [1.82, 2.24) is 15.2 Å². The molecule has 29 heavy (non-hydrogen) atoms. The molecule has 6 heteroatoms. The number of aromatic amines is 1. The molecule has 1 aliphatic carbocycles. The van der Waals surface area contributed by atoms with Gasteiger partial charge in [0.1, 0.15) is 0 Å². The number of rotatable bonds is 1. The Morgan fingerprint density at radius 3 is 2.79 bits per heavy atom. The summed E-state index contributed by atoms with van der Waals surface area (Å²) in [5.74, 6) is 0. The van der Waals surface area contributed by atoms with E-state index in [0.717, 1.165) is 51.5 Å². The molecule has 2 N–H and O–H groups in total. The number of aryl methyl sites for hydroxylation is 1. The zero-order chi connectivity index (χ0) is 19.8. The maximum atomic E-state index is 10.4. The van der Waals surface area contributed by atoms with E-state index in [4.69, 9.17) is 9.64 Å². The minimum Gasteiger partial charge on any atom is -0.423 e. The zero-order valence-electron chi connectivity index (χ0n) is 16.6. The molecule has 144 valence electrons. The second-order valence-corrected chi connectivity index (χ2v) is 8.70. The first-order valence-electron chi connectivity index (χ1n) is 10.3. The molecule has 2 aromatic heterocycles. The van der Waals surface area contributed by atoms with Gasteiger partial charge in [0.2, 0.25) is 0 Å². The number of aromatic nitrogens is 3. The maximum absolute atomic E-state index is 10.4. The molecule has 0 saturated heterocycles. The first kappa shape index (κ1) is 17.2. The van der Waals surface area contributed by atoms with E-state index in [-0.39, 0.29) is 0 Å². The molecular weight excluding hydrogens is 361 g/mol. The lowest BCUT2D eigenvalue weighted by molar-refractivity contribution is 0.101. The average molecular weight is 383 g/mol. The van der Waals surface area contributed by atoms with E-state index < -0.39 is 12.7 Å². The topological polar surface area (TPSA) is 71.0 Å². The normalized spacial score (nSPS) is 17.7. The highest BCUT2D eigenvalue weighted by Crippen LogP contribution is 2.39. The highest BCUT2D eigenvalue weighted by atomic mass is 16.5. The number of hydrogen-bond donors (Lipinski definition) is 2. The van der Waals surface area contributed by atoms with E-state index in [1.807, 2.05) is 20.0 Å². The lowest BCUT2D eigenvalue weighted by atomic mass is 9.76. The van der Waals surface area contributed by atoms with Crippen LogP contribution in [0, 0.1) is 0 Å². The fourth-order valence-corrected chi connectivity index (χ4v) is 5.15. The lowest BCUT2D eigenvalue weighted by Crippen LogP contribution is -2.28. The highest BCUT2D eigenvalue weighted by Gasteiger charge is 2.40. The number of nitrogens with one attached hydrogen (secondary N) is 1. The van der Waals surface area contributed by atoms with Crippen LogP contribution in [0.4, 0.5) is 0 Å². The summed E-state index contributed by atoms with van der Waals surface area (Å²) in [6.07, 6.45) is 6.39. The standard InChI is InChI=1S/C23H22BN3O2/c1-23(2)17-8-7-13(11-18(17)24(28)29-23)22-15-6-4-3-5-14(15)21-16-12-25-27-19(16)9-10-20(21)26-22/h7-12,28H,3-6H2,1-2H3,(H,25,27). The summed E-state index contributed by atoms with van der Waals surface area (Å²) in [6, 6.07) is 10.4. The molecule has 6 rings (SSSR count). The second-order valence-electron chi connectivity index (χ2n) is 8.70. The molecule has 2 aliphatic rings. The molecule has 2 aromatic carbocycles. The smallest absolute Gasteiger partial charge is 0.423 e. The van der Waals surface area contributed by atoms with E-state index in [1.165, 1.54) is 29.4 Å². The van der Waals surface area contributed by atoms with Crippen LogP contribution in [-0.2, 0) is 23.1 Å². The molecule has 0 fully saturated rings. The Balaban J connectivity index is 1.63. The van der Waals surface area contributed by atoms with Crippen molar-refractivity contribution in [2.24, 2.45) is 0 Å². The summed E-state index contributed by atoms with van der Waals surface area (Å²) in [4.78, 5) is 5.11. The lowest BCUT2D eigenvalue weighted by Gasteiger charge is -2.22. The molecule has 0 saturated carbocycles. The predicted molar refractivity (Wildman–Crippen MR) is 115 cm³/mol. The van der Waals surface area contributed by atoms with Gasteiger partial charge in [-0.1, -0.05) is 18.2 Å². The van der Waals surface area contributed by atoms with Gasteiger partial charge in [0.15, 0.2) is 0 Å². The molecular formula is C23H22BN3O2. The Hall–Kier alpha value is -2.70. The SMILES string of the molecule is CC1(C)OB(O)c2cc(-c3nc4ccc5[nH]ncc5c4c4c3CCCC4)ccc21. The fourth-order valence-electron chi connectivity index (χ4n) is 5.15. The number of hydrogen-bond acceptors (Lipinski definition) is 4. The third-order valence-electron chi connectivity index (χ3n) is 6.54. The van der Waals surface area contributed by atoms with Crippen LogP contribution in [0.5, 0.6) is 0 Å². The van der Waals surface area contributed by atoms with Gasteiger partial charge in [-0.05, 0) is 73.8 Å². The van der Waals surface area contributed by atoms with Gasteiger partial charge in [-0.3, -0.25) is 5.10 Å². The van der Waals surface area contributed by atoms with Crippen LogP contribution in [0.1, 0.15) is 43.4 Å². The first-order valence-corrected chi connectivity index (χ1v) is 10.3. The van der Waals surface area contributed by atoms with Gasteiger partial charge in [-0.15, -0.1) is 0 Å². The van der Waals surface area contributed by atoms with Gasteiger partial charge < -0.3 is 9.68 Å². The van der Waals surface area contributed by atoms with Gasteiger partial charge in [0.05, 0.1) is 28.5 Å². The summed E-state index contributed by atoms with van der Waals surface area (Å²) in [5.41, 5.74) is 8.31. The largest absolute Gasteiger partial charge is 0.492 e. The van der Waals surface area contributed by atoms with Crippen LogP contribution in [-0.4, -0.2) is 27.3 Å². The molecule has 3 heterocycles. The van der Waals surface area contributed by atoms with Gasteiger partial charge >= 0.3 is 7.12 Å². The van der Waals surface area contributed by atoms with E-state index in [0.29, 0.717) is 0 Å². The molecule has 0 atom stereocenters. The third kappa shape index (κ3) is 2.42. The van der Waals surface area contributed by atoms with Crippen LogP contribution in [0.2, 0.25) is 0 Å². The van der Waals surface area contributed by atoms with Gasteiger partial charge in [-0.25, -0.2) is 4.98 Å². The van der Waals surface area contributed by atoms with Crippen molar-refractivity contribution < 1.29 is 9.68 Å². The van der Waals surface area contributed by atoms with Gasteiger partial charge in [0.25, 0.3) is 0 Å². The third-order valence-corrected chi connectivity index (χ3v) is 6.54. The minimum atomic E-state index is -0.887. The molecule has 1 aliphatic heterocycles. The van der Waals surface area contributed by atoms with Crippen molar-refractivity contribution in [3.8, 4) is 11.3 Å². The molecule has 0 amide bonds. The van der Waals surface area contributed by atoms with Crippen molar-refractivity contribution in [3.63, 3.8) is 0 Å². The van der Waals surface area contributed by atoms with Crippen LogP contribution < -0.4 is 5.46 Å². The summed E-state index contributed by atoms with van der Waals surface area (Å²) in [6.45, 7) is 3.99. The monoisotopic (exact) mass is 383 g/mol. The van der Waals surface area contributed by atoms with Crippen molar-refractivity contribution >= 4 is 34.4 Å². The van der Waals surface area contributed by atoms with E-state index in [2.05, 4.69) is 40.5 Å². The molecule has 4 aromatic rings. The zero-order valence-corrected chi connectivity index (χ0v) is 16.6. The van der Waals surface area contributed by atoms with Crippen LogP contribution in [0.25, 0.3) is 33.1 Å². The number of H-pyrrole nitrogens is 1. The van der Waals surface area contributed by atoms with E-state index >= 15 is 0 Å². The minimum absolute atomic E-state index is 0.476. The van der Waals surface area contributed by atoms with Crippen LogP contribution >= 0.6 is 0 Å². The van der Waals surface area contributed by atoms with Crippen molar-refractivity contribution in [1.29, 1.82) is 0 Å². The Morgan fingerprint density at radius 2 is 1.93 bits per heavy atom. The van der Waals surface area contributed by atoms with E-state index in [1.54, 1.807) is 0 Å². The van der Waals surface area contributed by atoms with E-state index in [9.17, 15) is 5.02 Å².